The van der Waals surface area contributed by atoms with Gasteiger partial charge in [-0.15, -0.1) is 0 Å². The number of hydrogen-bond donors (Lipinski definition) is 0. The predicted octanol–water partition coefficient (Wildman–Crippen LogP) is 2.10. The average Bonchev–Trinajstić information content (AvgIpc) is 3.11. The number of nitrogens with zero attached hydrogens (tertiary/aromatic N) is 4. The van der Waals surface area contributed by atoms with Gasteiger partial charge in [0, 0.05) is 63.5 Å². The van der Waals surface area contributed by atoms with Crippen molar-refractivity contribution in [2.24, 2.45) is 5.92 Å². The molecule has 0 spiro atoms. The van der Waals surface area contributed by atoms with Crippen LogP contribution in [0.25, 0.3) is 0 Å². The Morgan fingerprint density at radius 2 is 1.96 bits per heavy atom. The number of fused-ring (bicyclic) bond motifs is 1. The fourth-order valence-electron chi connectivity index (χ4n) is 3.99. The second-order valence-corrected chi connectivity index (χ2v) is 7.30. The van der Waals surface area contributed by atoms with Crippen LogP contribution in [0.3, 0.4) is 0 Å². The third kappa shape index (κ3) is 3.47. The van der Waals surface area contributed by atoms with Gasteiger partial charge in [0.1, 0.15) is 0 Å². The van der Waals surface area contributed by atoms with Gasteiger partial charge in [0.15, 0.2) is 0 Å². The molecule has 0 N–H and O–H groups in total. The van der Waals surface area contributed by atoms with Crippen LogP contribution in [-0.2, 0) is 24.3 Å². The van der Waals surface area contributed by atoms with Crippen LogP contribution in [0.1, 0.15) is 23.2 Å². The first-order chi connectivity index (χ1) is 12.2. The molecule has 0 bridgehead atoms. The molecule has 1 amide bonds. The Balaban J connectivity index is 1.31. The first-order valence-corrected chi connectivity index (χ1v) is 9.25. The van der Waals surface area contributed by atoms with Crippen molar-refractivity contribution in [2.45, 2.75) is 32.9 Å². The van der Waals surface area contributed by atoms with Crippen molar-refractivity contribution in [2.75, 3.05) is 26.2 Å². The molecule has 1 atom stereocenters. The Hall–Kier alpha value is -2.14. The van der Waals surface area contributed by atoms with E-state index in [9.17, 15) is 4.79 Å². The summed E-state index contributed by atoms with van der Waals surface area (Å²) in [5.41, 5.74) is 3.94. The Morgan fingerprint density at radius 3 is 2.76 bits per heavy atom. The Labute approximate surface area is 149 Å². The van der Waals surface area contributed by atoms with Gasteiger partial charge in [-0.05, 0) is 24.5 Å². The zero-order valence-corrected chi connectivity index (χ0v) is 14.9. The summed E-state index contributed by atoms with van der Waals surface area (Å²) >= 11 is 0. The lowest BCUT2D eigenvalue weighted by molar-refractivity contribution is -0.138. The monoisotopic (exact) mass is 338 g/mol. The van der Waals surface area contributed by atoms with Crippen LogP contribution in [0.15, 0.2) is 36.8 Å². The van der Waals surface area contributed by atoms with Gasteiger partial charge < -0.3 is 9.47 Å². The number of carbonyl (C=O) groups excluding carboxylic acids is 1. The second kappa shape index (κ2) is 7.00. The van der Waals surface area contributed by atoms with Crippen molar-refractivity contribution < 1.29 is 4.79 Å². The highest BCUT2D eigenvalue weighted by atomic mass is 16.2. The normalized spacial score (nSPS) is 21.2. The first kappa shape index (κ1) is 16.3. The van der Waals surface area contributed by atoms with Crippen molar-refractivity contribution in [3.8, 4) is 0 Å². The number of imidazole rings is 1. The third-order valence-corrected chi connectivity index (χ3v) is 5.66. The van der Waals surface area contributed by atoms with E-state index in [0.29, 0.717) is 5.91 Å². The van der Waals surface area contributed by atoms with Crippen molar-refractivity contribution in [1.29, 1.82) is 0 Å². The molecule has 3 heterocycles. The molecular weight excluding hydrogens is 312 g/mol. The van der Waals surface area contributed by atoms with Crippen molar-refractivity contribution in [3.63, 3.8) is 0 Å². The molecule has 0 aliphatic carbocycles. The van der Waals surface area contributed by atoms with Gasteiger partial charge in [-0.25, -0.2) is 4.98 Å². The molecule has 5 nitrogen and oxygen atoms in total. The van der Waals surface area contributed by atoms with Crippen LogP contribution >= 0.6 is 0 Å². The minimum atomic E-state index is 0.132. The second-order valence-electron chi connectivity index (χ2n) is 7.30. The molecule has 1 unspecified atom stereocenters. The van der Waals surface area contributed by atoms with E-state index in [2.05, 4.69) is 50.5 Å². The smallest absolute Gasteiger partial charge is 0.226 e. The summed E-state index contributed by atoms with van der Waals surface area (Å²) in [7, 11) is 0. The molecule has 2 aliphatic rings. The van der Waals surface area contributed by atoms with E-state index in [4.69, 9.17) is 0 Å². The van der Waals surface area contributed by atoms with Gasteiger partial charge >= 0.3 is 0 Å². The van der Waals surface area contributed by atoms with E-state index in [-0.39, 0.29) is 5.92 Å². The summed E-state index contributed by atoms with van der Waals surface area (Å²) in [6.07, 6.45) is 5.55. The van der Waals surface area contributed by atoms with Gasteiger partial charge in [0.05, 0.1) is 6.33 Å². The van der Waals surface area contributed by atoms with Gasteiger partial charge in [-0.2, -0.15) is 0 Å². The Morgan fingerprint density at radius 1 is 1.16 bits per heavy atom. The fourth-order valence-corrected chi connectivity index (χ4v) is 3.99. The largest absolute Gasteiger partial charge is 0.340 e. The lowest BCUT2D eigenvalue weighted by Crippen LogP contribution is -2.50. The number of hydrogen-bond acceptors (Lipinski definition) is 3. The van der Waals surface area contributed by atoms with E-state index in [1.807, 2.05) is 12.5 Å². The van der Waals surface area contributed by atoms with Crippen molar-refractivity contribution in [3.05, 3.63) is 53.6 Å². The summed E-state index contributed by atoms with van der Waals surface area (Å²) in [6, 6.07) is 8.57. The zero-order valence-electron chi connectivity index (χ0n) is 14.9. The Kier molecular flexibility index (Phi) is 4.57. The number of benzene rings is 1. The summed E-state index contributed by atoms with van der Waals surface area (Å²) in [5.74, 6) is 0.468. The first-order valence-electron chi connectivity index (χ1n) is 9.25. The van der Waals surface area contributed by atoms with Crippen LogP contribution in [-0.4, -0.2) is 51.4 Å². The highest BCUT2D eigenvalue weighted by Gasteiger charge is 2.30. The maximum atomic E-state index is 12.9. The van der Waals surface area contributed by atoms with Crippen molar-refractivity contribution >= 4 is 5.91 Å². The van der Waals surface area contributed by atoms with Gasteiger partial charge in [-0.3, -0.25) is 9.69 Å². The molecule has 1 saturated heterocycles. The number of carbonyl (C=O) groups is 1. The molecule has 1 aromatic carbocycles. The van der Waals surface area contributed by atoms with Crippen LogP contribution in [0, 0.1) is 12.8 Å². The molecule has 1 fully saturated rings. The Bertz CT molecular complexity index is 746. The lowest BCUT2D eigenvalue weighted by atomic mass is 9.94. The lowest BCUT2D eigenvalue weighted by Gasteiger charge is -2.37. The van der Waals surface area contributed by atoms with Gasteiger partial charge in [0.2, 0.25) is 5.91 Å². The van der Waals surface area contributed by atoms with Crippen LogP contribution in [0.2, 0.25) is 0 Å². The minimum Gasteiger partial charge on any atom is -0.340 e. The molecule has 1 aromatic heterocycles. The topological polar surface area (TPSA) is 41.4 Å². The number of aryl methyl sites for hydroxylation is 2. The highest BCUT2D eigenvalue weighted by Crippen LogP contribution is 2.23. The van der Waals surface area contributed by atoms with Crippen LogP contribution in [0.5, 0.6) is 0 Å². The molecule has 132 valence electrons. The maximum Gasteiger partial charge on any atom is 0.226 e. The molecule has 2 aromatic rings. The van der Waals surface area contributed by atoms with Crippen LogP contribution in [0.4, 0.5) is 0 Å². The molecule has 0 saturated carbocycles. The fraction of sp³-hybridized carbons (Fsp3) is 0.500. The number of aromatic nitrogens is 2. The van der Waals surface area contributed by atoms with Crippen LogP contribution < -0.4 is 0 Å². The molecule has 25 heavy (non-hydrogen) atoms. The highest BCUT2D eigenvalue weighted by molar-refractivity contribution is 5.79. The van der Waals surface area contributed by atoms with E-state index in [1.165, 1.54) is 16.8 Å². The molecule has 2 aliphatic heterocycles. The molecule has 4 rings (SSSR count). The van der Waals surface area contributed by atoms with Gasteiger partial charge in [-0.1, -0.05) is 24.3 Å². The molecule has 5 heteroatoms. The minimum absolute atomic E-state index is 0.132. The predicted molar refractivity (Wildman–Crippen MR) is 97.1 cm³/mol. The summed E-state index contributed by atoms with van der Waals surface area (Å²) in [6.45, 7) is 7.69. The average molecular weight is 338 g/mol. The van der Waals surface area contributed by atoms with E-state index in [1.54, 1.807) is 0 Å². The number of amides is 1. The maximum absolute atomic E-state index is 12.9. The van der Waals surface area contributed by atoms with Crippen molar-refractivity contribution in [1.82, 2.24) is 19.4 Å². The van der Waals surface area contributed by atoms with Gasteiger partial charge in [0.25, 0.3) is 0 Å². The van der Waals surface area contributed by atoms with E-state index in [0.717, 1.165) is 52.1 Å². The molecular formula is C20H26N4O. The summed E-state index contributed by atoms with van der Waals surface area (Å²) < 4.78 is 2.17. The SMILES string of the molecule is Cc1ccccc1CN1CCN(C(=O)C2CCn3cncc3C2)CC1. The van der Waals surface area contributed by atoms with E-state index >= 15 is 0 Å². The quantitative estimate of drug-likeness (QED) is 0.861. The summed E-state index contributed by atoms with van der Waals surface area (Å²) in [4.78, 5) is 21.6. The summed E-state index contributed by atoms with van der Waals surface area (Å²) in [5, 5.41) is 0. The zero-order chi connectivity index (χ0) is 17.2. The number of rotatable bonds is 3. The van der Waals surface area contributed by atoms with E-state index < -0.39 is 0 Å². The standard InChI is InChI=1S/C20H26N4O/c1-16-4-2-3-5-18(16)14-22-8-10-23(11-9-22)20(25)17-6-7-24-15-21-13-19(24)12-17/h2-5,13,15,17H,6-12,14H2,1H3. The third-order valence-electron chi connectivity index (χ3n) is 5.66. The number of piperazine rings is 1. The molecule has 0 radical (unpaired) electrons.